The summed E-state index contributed by atoms with van der Waals surface area (Å²) in [4.78, 5) is 25.3. The molecule has 1 N–H and O–H groups in total. The second-order valence-electron chi connectivity index (χ2n) is 6.06. The number of hydrogen-bond donors (Lipinski definition) is 1. The molecule has 1 aliphatic heterocycles. The molecule has 1 amide bonds. The van der Waals surface area contributed by atoms with Crippen LogP contribution in [0.1, 0.15) is 38.9 Å². The summed E-state index contributed by atoms with van der Waals surface area (Å²) in [5, 5.41) is 3.91. The molecule has 0 bridgehead atoms. The Morgan fingerprint density at radius 1 is 1.04 bits per heavy atom. The number of amides is 1. The Kier molecular flexibility index (Phi) is 3.25. The molecule has 3 aromatic rings. The molecule has 1 atom stereocenters. The van der Waals surface area contributed by atoms with Gasteiger partial charge in [-0.1, -0.05) is 23.7 Å². The lowest BCUT2D eigenvalue weighted by Crippen LogP contribution is -2.21. The fraction of sp³-hybridized carbons (Fsp3) is 0.158. The van der Waals surface area contributed by atoms with Gasteiger partial charge in [-0.15, -0.1) is 0 Å². The van der Waals surface area contributed by atoms with Crippen LogP contribution in [-0.2, 0) is 0 Å². The molecule has 24 heavy (non-hydrogen) atoms. The SMILES string of the molecule is Cc1cc2oc3c(c(=O)c2cc1C)C(c1ccc(Cl)cc1)NC3=O. The third-order valence-electron chi connectivity index (χ3n) is 4.52. The van der Waals surface area contributed by atoms with Crippen molar-refractivity contribution < 1.29 is 9.21 Å². The maximum atomic E-state index is 13.0. The van der Waals surface area contributed by atoms with Gasteiger partial charge in [0.2, 0.25) is 5.76 Å². The monoisotopic (exact) mass is 339 g/mol. The molecule has 0 saturated heterocycles. The number of carbonyl (C=O) groups excluding carboxylic acids is 1. The third-order valence-corrected chi connectivity index (χ3v) is 4.77. The Bertz CT molecular complexity index is 1050. The fourth-order valence-corrected chi connectivity index (χ4v) is 3.20. The zero-order valence-electron chi connectivity index (χ0n) is 13.1. The first-order valence-electron chi connectivity index (χ1n) is 7.60. The third kappa shape index (κ3) is 2.14. The summed E-state index contributed by atoms with van der Waals surface area (Å²) in [6.45, 7) is 3.89. The van der Waals surface area contributed by atoms with E-state index in [1.807, 2.05) is 19.9 Å². The van der Waals surface area contributed by atoms with Crippen LogP contribution in [0.15, 0.2) is 45.6 Å². The molecule has 1 aliphatic rings. The smallest absolute Gasteiger partial charge is 0.288 e. The predicted octanol–water partition coefficient (Wildman–Crippen LogP) is 3.90. The maximum absolute atomic E-state index is 13.0. The van der Waals surface area contributed by atoms with E-state index in [1.54, 1.807) is 30.3 Å². The zero-order valence-corrected chi connectivity index (χ0v) is 13.9. The van der Waals surface area contributed by atoms with E-state index in [0.717, 1.165) is 16.7 Å². The predicted molar refractivity (Wildman–Crippen MR) is 92.7 cm³/mol. The molecule has 4 rings (SSSR count). The standard InChI is InChI=1S/C19H14ClNO3/c1-9-7-13-14(8-10(9)2)24-18-15(17(13)22)16(21-19(18)23)11-3-5-12(20)6-4-11/h3-8,16H,1-2H3,(H,21,23). The van der Waals surface area contributed by atoms with Crippen molar-refractivity contribution >= 4 is 28.5 Å². The van der Waals surface area contributed by atoms with Gasteiger partial charge in [-0.05, 0) is 54.8 Å². The minimum absolute atomic E-state index is 0.0932. The molecule has 2 aromatic carbocycles. The minimum atomic E-state index is -0.521. The first-order valence-corrected chi connectivity index (χ1v) is 7.98. The maximum Gasteiger partial charge on any atom is 0.288 e. The highest BCUT2D eigenvalue weighted by Gasteiger charge is 2.35. The minimum Gasteiger partial charge on any atom is -0.450 e. The average Bonchev–Trinajstić information content (AvgIpc) is 2.88. The van der Waals surface area contributed by atoms with Crippen LogP contribution in [0.2, 0.25) is 5.02 Å². The van der Waals surface area contributed by atoms with E-state index in [2.05, 4.69) is 5.32 Å². The lowest BCUT2D eigenvalue weighted by molar-refractivity contribution is 0.0938. The Balaban J connectivity index is 2.00. The topological polar surface area (TPSA) is 59.3 Å². The second kappa shape index (κ2) is 5.21. The summed E-state index contributed by atoms with van der Waals surface area (Å²) in [5.41, 5.74) is 3.44. The number of halogens is 1. The Hall–Kier alpha value is -2.59. The van der Waals surface area contributed by atoms with Crippen LogP contribution in [0.3, 0.4) is 0 Å². The van der Waals surface area contributed by atoms with Crippen LogP contribution in [-0.4, -0.2) is 5.91 Å². The first kappa shape index (κ1) is 15.0. The molecule has 120 valence electrons. The number of hydrogen-bond acceptors (Lipinski definition) is 3. The first-order chi connectivity index (χ1) is 11.5. The lowest BCUT2D eigenvalue weighted by atomic mass is 9.98. The van der Waals surface area contributed by atoms with E-state index in [4.69, 9.17) is 16.0 Å². The molecule has 2 heterocycles. The quantitative estimate of drug-likeness (QED) is 0.731. The van der Waals surface area contributed by atoms with Crippen LogP contribution in [0, 0.1) is 13.8 Å². The molecule has 1 aromatic heterocycles. The van der Waals surface area contributed by atoms with Crippen LogP contribution < -0.4 is 10.7 Å². The van der Waals surface area contributed by atoms with Crippen molar-refractivity contribution in [2.75, 3.05) is 0 Å². The second-order valence-corrected chi connectivity index (χ2v) is 6.50. The highest BCUT2D eigenvalue weighted by molar-refractivity contribution is 6.30. The van der Waals surface area contributed by atoms with Gasteiger partial charge in [0.25, 0.3) is 5.91 Å². The molecule has 5 heteroatoms. The Labute approximate surface area is 143 Å². The molecule has 0 spiro atoms. The molecule has 4 nitrogen and oxygen atoms in total. The number of aryl methyl sites for hydroxylation is 2. The van der Waals surface area contributed by atoms with Gasteiger partial charge in [0.1, 0.15) is 5.58 Å². The number of benzene rings is 2. The van der Waals surface area contributed by atoms with Gasteiger partial charge in [-0.2, -0.15) is 0 Å². The number of nitrogens with one attached hydrogen (secondary N) is 1. The normalized spacial score (nSPS) is 16.3. The zero-order chi connectivity index (χ0) is 17.0. The summed E-state index contributed by atoms with van der Waals surface area (Å²) in [7, 11) is 0. The number of fused-ring (bicyclic) bond motifs is 2. The van der Waals surface area contributed by atoms with E-state index >= 15 is 0 Å². The van der Waals surface area contributed by atoms with Gasteiger partial charge in [-0.3, -0.25) is 9.59 Å². The van der Waals surface area contributed by atoms with Gasteiger partial charge in [-0.25, -0.2) is 0 Å². The Morgan fingerprint density at radius 2 is 1.71 bits per heavy atom. The Morgan fingerprint density at radius 3 is 2.42 bits per heavy atom. The highest BCUT2D eigenvalue weighted by atomic mass is 35.5. The van der Waals surface area contributed by atoms with Crippen molar-refractivity contribution in [2.45, 2.75) is 19.9 Å². The van der Waals surface area contributed by atoms with Gasteiger partial charge < -0.3 is 9.73 Å². The van der Waals surface area contributed by atoms with Crippen LogP contribution in [0.4, 0.5) is 0 Å². The van der Waals surface area contributed by atoms with Crippen LogP contribution in [0.25, 0.3) is 11.0 Å². The lowest BCUT2D eigenvalue weighted by Gasteiger charge is -2.12. The molecule has 0 fully saturated rings. The average molecular weight is 340 g/mol. The van der Waals surface area contributed by atoms with Crippen molar-refractivity contribution in [3.8, 4) is 0 Å². The largest absolute Gasteiger partial charge is 0.450 e. The number of carbonyl (C=O) groups is 1. The van der Waals surface area contributed by atoms with Crippen LogP contribution in [0.5, 0.6) is 0 Å². The van der Waals surface area contributed by atoms with E-state index in [-0.39, 0.29) is 17.1 Å². The van der Waals surface area contributed by atoms with Crippen molar-refractivity contribution in [3.05, 3.63) is 79.7 Å². The summed E-state index contributed by atoms with van der Waals surface area (Å²) in [6.07, 6.45) is 0. The van der Waals surface area contributed by atoms with E-state index in [9.17, 15) is 9.59 Å². The van der Waals surface area contributed by atoms with Crippen molar-refractivity contribution in [1.82, 2.24) is 5.32 Å². The van der Waals surface area contributed by atoms with Crippen molar-refractivity contribution in [3.63, 3.8) is 0 Å². The summed E-state index contributed by atoms with van der Waals surface area (Å²) in [6, 6.07) is 10.2. The van der Waals surface area contributed by atoms with Gasteiger partial charge >= 0.3 is 0 Å². The van der Waals surface area contributed by atoms with E-state index in [1.165, 1.54) is 0 Å². The van der Waals surface area contributed by atoms with E-state index in [0.29, 0.717) is 21.6 Å². The molecule has 0 saturated carbocycles. The molecule has 1 unspecified atom stereocenters. The van der Waals surface area contributed by atoms with Crippen molar-refractivity contribution in [1.29, 1.82) is 0 Å². The summed E-state index contributed by atoms with van der Waals surface area (Å²) < 4.78 is 5.77. The molecular weight excluding hydrogens is 326 g/mol. The van der Waals surface area contributed by atoms with Crippen LogP contribution >= 0.6 is 11.6 Å². The fourth-order valence-electron chi connectivity index (χ4n) is 3.07. The van der Waals surface area contributed by atoms with Gasteiger partial charge in [0.05, 0.1) is 17.0 Å². The van der Waals surface area contributed by atoms with Crippen molar-refractivity contribution in [2.24, 2.45) is 0 Å². The van der Waals surface area contributed by atoms with E-state index < -0.39 is 6.04 Å². The molecule has 0 aliphatic carbocycles. The van der Waals surface area contributed by atoms with Gasteiger partial charge in [0, 0.05) is 5.02 Å². The summed E-state index contributed by atoms with van der Waals surface area (Å²) in [5.74, 6) is -0.280. The highest BCUT2D eigenvalue weighted by Crippen LogP contribution is 2.32. The molecule has 0 radical (unpaired) electrons. The molecular formula is C19H14ClNO3. The van der Waals surface area contributed by atoms with Gasteiger partial charge in [0.15, 0.2) is 5.43 Å². The number of rotatable bonds is 1. The summed E-state index contributed by atoms with van der Waals surface area (Å²) >= 11 is 5.92.